The van der Waals surface area contributed by atoms with Gasteiger partial charge in [-0.3, -0.25) is 4.90 Å². The summed E-state index contributed by atoms with van der Waals surface area (Å²) in [6.45, 7) is 5.40. The number of nitrogens with zero attached hydrogens (tertiary/aromatic N) is 2. The molecule has 13 heavy (non-hydrogen) atoms. The Balaban J connectivity index is 2.51. The molecular formula is C9H14ClN3. The van der Waals surface area contributed by atoms with Crippen LogP contribution in [-0.4, -0.2) is 37.1 Å². The van der Waals surface area contributed by atoms with E-state index in [1.54, 1.807) is 5.54 Å². The highest BCUT2D eigenvalue weighted by atomic mass is 35.5. The van der Waals surface area contributed by atoms with Crippen LogP contribution in [0.4, 0.5) is 0 Å². The Hall–Kier alpha value is -0.560. The third kappa shape index (κ3) is 3.00. The summed E-state index contributed by atoms with van der Waals surface area (Å²) in [6.07, 6.45) is 0. The van der Waals surface area contributed by atoms with Gasteiger partial charge in [-0.1, -0.05) is 11.6 Å². The van der Waals surface area contributed by atoms with Gasteiger partial charge in [-0.15, -0.1) is 0 Å². The second kappa shape index (κ2) is 5.23. The van der Waals surface area contributed by atoms with E-state index in [4.69, 9.17) is 16.9 Å². The highest BCUT2D eigenvalue weighted by molar-refractivity contribution is 6.25. The van der Waals surface area contributed by atoms with Gasteiger partial charge in [0.05, 0.1) is 6.07 Å². The smallest absolute Gasteiger partial charge is 0.111 e. The summed E-state index contributed by atoms with van der Waals surface area (Å²) in [7, 11) is 0. The van der Waals surface area contributed by atoms with Crippen molar-refractivity contribution < 1.29 is 0 Å². The molecule has 1 aliphatic rings. The van der Waals surface area contributed by atoms with Crippen LogP contribution in [0, 0.1) is 11.3 Å². The molecule has 1 unspecified atom stereocenters. The van der Waals surface area contributed by atoms with Crippen molar-refractivity contribution in [2.45, 2.75) is 13.0 Å². The Morgan fingerprint density at radius 3 is 3.23 bits per heavy atom. The van der Waals surface area contributed by atoms with Crippen molar-refractivity contribution in [1.29, 1.82) is 5.26 Å². The number of halogens is 1. The van der Waals surface area contributed by atoms with Crippen LogP contribution in [0.2, 0.25) is 0 Å². The zero-order valence-corrected chi connectivity index (χ0v) is 8.51. The first kappa shape index (κ1) is 10.5. The maximum atomic E-state index is 8.86. The first-order valence-corrected chi connectivity index (χ1v) is 4.82. The van der Waals surface area contributed by atoms with Crippen molar-refractivity contribution in [3.8, 4) is 6.07 Å². The third-order valence-electron chi connectivity index (χ3n) is 2.14. The molecule has 0 radical (unpaired) electrons. The van der Waals surface area contributed by atoms with E-state index in [-0.39, 0.29) is 6.04 Å². The van der Waals surface area contributed by atoms with Crippen LogP contribution >= 0.6 is 11.6 Å². The van der Waals surface area contributed by atoms with E-state index in [0.717, 1.165) is 31.8 Å². The van der Waals surface area contributed by atoms with E-state index >= 15 is 0 Å². The molecule has 0 spiro atoms. The molecule has 0 amide bonds. The average Bonchev–Trinajstić information content (AvgIpc) is 2.18. The standard InChI is InChI=1S/C9H14ClN3/c1-8(4-10)7-13-3-2-12-6-9(13)5-11/h4,9,12H,2-3,6-7H2,1H3/b8-4+. The lowest BCUT2D eigenvalue weighted by atomic mass is 10.2. The third-order valence-corrected chi connectivity index (χ3v) is 2.51. The van der Waals surface area contributed by atoms with Crippen molar-refractivity contribution in [1.82, 2.24) is 10.2 Å². The lowest BCUT2D eigenvalue weighted by molar-refractivity contribution is 0.213. The molecule has 4 heteroatoms. The summed E-state index contributed by atoms with van der Waals surface area (Å²) in [5.74, 6) is 0. The normalized spacial score (nSPS) is 25.6. The lowest BCUT2D eigenvalue weighted by Gasteiger charge is -2.31. The fraction of sp³-hybridized carbons (Fsp3) is 0.667. The number of nitrogens with one attached hydrogen (secondary N) is 1. The highest BCUT2D eigenvalue weighted by Gasteiger charge is 2.21. The Morgan fingerprint density at radius 2 is 2.62 bits per heavy atom. The molecule has 1 heterocycles. The molecule has 1 aliphatic heterocycles. The van der Waals surface area contributed by atoms with Crippen LogP contribution in [0.3, 0.4) is 0 Å². The van der Waals surface area contributed by atoms with Crippen molar-refractivity contribution in [2.24, 2.45) is 0 Å². The molecule has 0 aromatic heterocycles. The molecule has 0 bridgehead atoms. The molecule has 1 saturated heterocycles. The van der Waals surface area contributed by atoms with Gasteiger partial charge in [0.25, 0.3) is 0 Å². The van der Waals surface area contributed by atoms with E-state index in [1.165, 1.54) is 0 Å². The number of nitriles is 1. The van der Waals surface area contributed by atoms with Crippen molar-refractivity contribution >= 4 is 11.6 Å². The molecule has 0 saturated carbocycles. The number of hydrogen-bond donors (Lipinski definition) is 1. The molecule has 0 aromatic carbocycles. The number of piperazine rings is 1. The van der Waals surface area contributed by atoms with Crippen LogP contribution in [0.1, 0.15) is 6.92 Å². The van der Waals surface area contributed by atoms with E-state index in [9.17, 15) is 0 Å². The van der Waals surface area contributed by atoms with Crippen LogP contribution in [0.15, 0.2) is 11.1 Å². The molecule has 1 atom stereocenters. The minimum absolute atomic E-state index is 0.0136. The largest absolute Gasteiger partial charge is 0.313 e. The monoisotopic (exact) mass is 199 g/mol. The molecule has 0 aromatic rings. The van der Waals surface area contributed by atoms with E-state index in [1.807, 2.05) is 6.92 Å². The zero-order chi connectivity index (χ0) is 9.68. The van der Waals surface area contributed by atoms with Gasteiger partial charge in [0, 0.05) is 31.7 Å². The summed E-state index contributed by atoms with van der Waals surface area (Å²) < 4.78 is 0. The molecule has 0 aliphatic carbocycles. The fourth-order valence-electron chi connectivity index (χ4n) is 1.42. The van der Waals surface area contributed by atoms with Gasteiger partial charge in [0.15, 0.2) is 0 Å². The van der Waals surface area contributed by atoms with E-state index in [0.29, 0.717) is 0 Å². The van der Waals surface area contributed by atoms with Crippen molar-refractivity contribution in [3.63, 3.8) is 0 Å². The van der Waals surface area contributed by atoms with Gasteiger partial charge < -0.3 is 5.32 Å². The maximum Gasteiger partial charge on any atom is 0.111 e. The van der Waals surface area contributed by atoms with E-state index in [2.05, 4.69) is 16.3 Å². The van der Waals surface area contributed by atoms with Gasteiger partial charge in [-0.05, 0) is 12.5 Å². The Morgan fingerprint density at radius 1 is 1.85 bits per heavy atom. The molecule has 1 rings (SSSR count). The van der Waals surface area contributed by atoms with Gasteiger partial charge in [-0.2, -0.15) is 5.26 Å². The second-order valence-corrected chi connectivity index (χ2v) is 3.49. The minimum Gasteiger partial charge on any atom is -0.313 e. The van der Waals surface area contributed by atoms with Gasteiger partial charge >= 0.3 is 0 Å². The van der Waals surface area contributed by atoms with Crippen molar-refractivity contribution in [3.05, 3.63) is 11.1 Å². The van der Waals surface area contributed by atoms with Crippen LogP contribution in [0.25, 0.3) is 0 Å². The van der Waals surface area contributed by atoms with Crippen LogP contribution < -0.4 is 5.32 Å². The van der Waals surface area contributed by atoms with Gasteiger partial charge in [0.1, 0.15) is 6.04 Å². The van der Waals surface area contributed by atoms with Crippen molar-refractivity contribution in [2.75, 3.05) is 26.2 Å². The molecule has 1 N–H and O–H groups in total. The molecule has 72 valence electrons. The molecule has 3 nitrogen and oxygen atoms in total. The SMILES string of the molecule is C/C(=C\Cl)CN1CCNCC1C#N. The maximum absolute atomic E-state index is 8.86. The number of hydrogen-bond acceptors (Lipinski definition) is 3. The molecule has 1 fully saturated rings. The van der Waals surface area contributed by atoms with Crippen LogP contribution in [0.5, 0.6) is 0 Å². The molecular weight excluding hydrogens is 186 g/mol. The number of rotatable bonds is 2. The zero-order valence-electron chi connectivity index (χ0n) is 7.76. The highest BCUT2D eigenvalue weighted by Crippen LogP contribution is 2.06. The Kier molecular flexibility index (Phi) is 4.23. The Bertz CT molecular complexity index is 232. The predicted octanol–water partition coefficient (Wildman–Crippen LogP) is 0.926. The first-order valence-electron chi connectivity index (χ1n) is 4.38. The lowest BCUT2D eigenvalue weighted by Crippen LogP contribution is -2.50. The van der Waals surface area contributed by atoms with Crippen LogP contribution in [-0.2, 0) is 0 Å². The Labute approximate surface area is 84.0 Å². The summed E-state index contributed by atoms with van der Waals surface area (Å²) in [4.78, 5) is 2.14. The quantitative estimate of drug-likeness (QED) is 0.719. The summed E-state index contributed by atoms with van der Waals surface area (Å²) in [5, 5.41) is 12.1. The summed E-state index contributed by atoms with van der Waals surface area (Å²) in [5.41, 5.74) is 2.68. The average molecular weight is 200 g/mol. The second-order valence-electron chi connectivity index (χ2n) is 3.27. The van der Waals surface area contributed by atoms with Gasteiger partial charge in [0.2, 0.25) is 0 Å². The van der Waals surface area contributed by atoms with E-state index < -0.39 is 0 Å². The minimum atomic E-state index is -0.0136. The fourth-order valence-corrected chi connectivity index (χ4v) is 1.49. The predicted molar refractivity (Wildman–Crippen MR) is 53.5 cm³/mol. The van der Waals surface area contributed by atoms with Gasteiger partial charge in [-0.25, -0.2) is 0 Å². The first-order chi connectivity index (χ1) is 6.27. The topological polar surface area (TPSA) is 39.1 Å². The summed E-state index contributed by atoms with van der Waals surface area (Å²) >= 11 is 5.57. The summed E-state index contributed by atoms with van der Waals surface area (Å²) in [6, 6.07) is 2.26.